The Labute approximate surface area is 109 Å². The normalized spacial score (nSPS) is 10.1. The average Bonchev–Trinajstić information content (AvgIpc) is 2.27. The Hall–Kier alpha value is -1.00. The van der Waals surface area contributed by atoms with Crippen LogP contribution in [0, 0.1) is 0 Å². The molecule has 5 heteroatoms. The molecule has 0 atom stereocenters. The van der Waals surface area contributed by atoms with Crippen LogP contribution in [0.3, 0.4) is 0 Å². The van der Waals surface area contributed by atoms with Crippen molar-refractivity contribution in [3.05, 3.63) is 28.3 Å². The maximum absolute atomic E-state index is 11.7. The van der Waals surface area contributed by atoms with E-state index in [1.54, 1.807) is 25.3 Å². The van der Waals surface area contributed by atoms with Crippen molar-refractivity contribution in [1.82, 2.24) is 0 Å². The van der Waals surface area contributed by atoms with E-state index in [1.807, 2.05) is 0 Å². The topological polar surface area (TPSA) is 43.4 Å². The van der Waals surface area contributed by atoms with Gasteiger partial charge >= 0.3 is 5.97 Å². The fourth-order valence-electron chi connectivity index (χ4n) is 1.47. The molecule has 0 bridgehead atoms. The highest BCUT2D eigenvalue weighted by atomic mass is 35.5. The summed E-state index contributed by atoms with van der Waals surface area (Å²) in [6, 6.07) is 3.13. The van der Waals surface area contributed by atoms with Gasteiger partial charge in [0.05, 0.1) is 22.8 Å². The molecule has 0 radical (unpaired) electrons. The summed E-state index contributed by atoms with van der Waals surface area (Å²) >= 11 is 7.28. The van der Waals surface area contributed by atoms with Gasteiger partial charge in [0.1, 0.15) is 0 Å². The van der Waals surface area contributed by atoms with Crippen LogP contribution in [0.5, 0.6) is 0 Å². The molecule has 0 fully saturated rings. The summed E-state index contributed by atoms with van der Waals surface area (Å²) in [5, 5.41) is 0.356. The summed E-state index contributed by atoms with van der Waals surface area (Å²) in [5.74, 6) is -0.596. The van der Waals surface area contributed by atoms with Gasteiger partial charge in [0.2, 0.25) is 0 Å². The fraction of sp³-hybridized carbons (Fsp3) is 0.333. The molecule has 0 aliphatic heterocycles. The zero-order chi connectivity index (χ0) is 13.0. The van der Waals surface area contributed by atoms with Crippen molar-refractivity contribution in [2.45, 2.75) is 18.7 Å². The van der Waals surface area contributed by atoms with E-state index in [2.05, 4.69) is 0 Å². The molecule has 1 aromatic rings. The van der Waals surface area contributed by atoms with Crippen LogP contribution in [0.4, 0.5) is 0 Å². The Morgan fingerprint density at radius 3 is 2.53 bits per heavy atom. The summed E-state index contributed by atoms with van der Waals surface area (Å²) in [6.07, 6.45) is 1.79. The van der Waals surface area contributed by atoms with Crippen LogP contribution in [0.1, 0.15) is 34.6 Å². The van der Waals surface area contributed by atoms with Gasteiger partial charge in [-0.25, -0.2) is 4.79 Å². The maximum Gasteiger partial charge on any atom is 0.339 e. The molecule has 17 heavy (non-hydrogen) atoms. The van der Waals surface area contributed by atoms with E-state index in [0.717, 1.165) is 0 Å². The van der Waals surface area contributed by atoms with Crippen molar-refractivity contribution in [3.63, 3.8) is 0 Å². The smallest absolute Gasteiger partial charge is 0.339 e. The Kier molecular flexibility index (Phi) is 5.02. The second-order valence-corrected chi connectivity index (χ2v) is 4.50. The molecule has 0 amide bonds. The maximum atomic E-state index is 11.7. The largest absolute Gasteiger partial charge is 0.462 e. The minimum absolute atomic E-state index is 0.162. The van der Waals surface area contributed by atoms with Crippen molar-refractivity contribution in [2.75, 3.05) is 12.9 Å². The van der Waals surface area contributed by atoms with Crippen molar-refractivity contribution in [3.8, 4) is 0 Å². The van der Waals surface area contributed by atoms with Gasteiger partial charge in [-0.05, 0) is 32.2 Å². The summed E-state index contributed by atoms with van der Waals surface area (Å²) in [7, 11) is 0. The van der Waals surface area contributed by atoms with E-state index in [1.165, 1.54) is 18.7 Å². The third kappa shape index (κ3) is 3.01. The molecule has 0 unspecified atom stereocenters. The number of carbonyl (C=O) groups is 2. The number of hydrogen-bond donors (Lipinski definition) is 0. The number of hydrogen-bond acceptors (Lipinski definition) is 4. The molecule has 0 saturated heterocycles. The van der Waals surface area contributed by atoms with E-state index in [0.29, 0.717) is 27.7 Å². The molecular weight excluding hydrogens is 260 g/mol. The van der Waals surface area contributed by atoms with Gasteiger partial charge in [-0.1, -0.05) is 11.6 Å². The van der Waals surface area contributed by atoms with Crippen LogP contribution in [0.2, 0.25) is 5.02 Å². The van der Waals surface area contributed by atoms with Gasteiger partial charge < -0.3 is 4.74 Å². The first-order valence-corrected chi connectivity index (χ1v) is 6.67. The van der Waals surface area contributed by atoms with Crippen LogP contribution >= 0.6 is 23.4 Å². The first-order chi connectivity index (χ1) is 8.02. The summed E-state index contributed by atoms with van der Waals surface area (Å²) in [5.41, 5.74) is 0.763. The summed E-state index contributed by atoms with van der Waals surface area (Å²) < 4.78 is 4.94. The second-order valence-electron chi connectivity index (χ2n) is 3.28. The number of benzene rings is 1. The number of esters is 1. The van der Waals surface area contributed by atoms with Gasteiger partial charge in [0.25, 0.3) is 0 Å². The van der Waals surface area contributed by atoms with Gasteiger partial charge in [-0.15, -0.1) is 11.8 Å². The SMILES string of the molecule is CCOC(=O)c1ccc(Cl)c(C(C)=O)c1SC. The first kappa shape index (κ1) is 14.1. The van der Waals surface area contributed by atoms with E-state index in [-0.39, 0.29) is 5.78 Å². The second kappa shape index (κ2) is 6.07. The lowest BCUT2D eigenvalue weighted by Crippen LogP contribution is -2.09. The fourth-order valence-corrected chi connectivity index (χ4v) is 2.64. The highest BCUT2D eigenvalue weighted by Gasteiger charge is 2.20. The standard InChI is InChI=1S/C12H13ClO3S/c1-4-16-12(15)8-5-6-9(13)10(7(2)14)11(8)17-3/h5-6H,4H2,1-3H3. The third-order valence-electron chi connectivity index (χ3n) is 2.16. The van der Waals surface area contributed by atoms with Gasteiger partial charge in [-0.2, -0.15) is 0 Å². The number of Topliss-reactive ketones (excluding diaryl/α,β-unsaturated/α-hetero) is 1. The molecule has 0 aliphatic rings. The van der Waals surface area contributed by atoms with Gasteiger partial charge in [0.15, 0.2) is 5.78 Å². The molecule has 1 aromatic carbocycles. The number of halogens is 1. The lowest BCUT2D eigenvalue weighted by molar-refractivity contribution is 0.0522. The highest BCUT2D eigenvalue weighted by molar-refractivity contribution is 7.98. The highest BCUT2D eigenvalue weighted by Crippen LogP contribution is 2.31. The number of rotatable bonds is 4. The van der Waals surface area contributed by atoms with E-state index < -0.39 is 5.97 Å². The molecule has 92 valence electrons. The van der Waals surface area contributed by atoms with Crippen molar-refractivity contribution in [1.29, 1.82) is 0 Å². The molecule has 0 spiro atoms. The molecular formula is C12H13ClO3S. The zero-order valence-electron chi connectivity index (χ0n) is 9.87. The first-order valence-electron chi connectivity index (χ1n) is 5.07. The van der Waals surface area contributed by atoms with Crippen LogP contribution in [0.25, 0.3) is 0 Å². The lowest BCUT2D eigenvalue weighted by atomic mass is 10.1. The number of ketones is 1. The van der Waals surface area contributed by atoms with Crippen LogP contribution < -0.4 is 0 Å². The molecule has 0 heterocycles. The van der Waals surface area contributed by atoms with Crippen molar-refractivity contribution in [2.24, 2.45) is 0 Å². The molecule has 0 saturated carbocycles. The Bertz CT molecular complexity index is 457. The molecule has 1 rings (SSSR count). The zero-order valence-corrected chi connectivity index (χ0v) is 11.4. The number of thioether (sulfide) groups is 1. The monoisotopic (exact) mass is 272 g/mol. The molecule has 0 aromatic heterocycles. The summed E-state index contributed by atoms with van der Waals surface area (Å²) in [4.78, 5) is 23.8. The van der Waals surface area contributed by atoms with Gasteiger partial charge in [0, 0.05) is 4.90 Å². The summed E-state index contributed by atoms with van der Waals surface area (Å²) in [6.45, 7) is 3.46. The van der Waals surface area contributed by atoms with E-state index >= 15 is 0 Å². The molecule has 0 N–H and O–H groups in total. The third-order valence-corrected chi connectivity index (χ3v) is 3.31. The lowest BCUT2D eigenvalue weighted by Gasteiger charge is -2.11. The van der Waals surface area contributed by atoms with Crippen LogP contribution in [0.15, 0.2) is 17.0 Å². The molecule has 3 nitrogen and oxygen atoms in total. The van der Waals surface area contributed by atoms with E-state index in [9.17, 15) is 9.59 Å². The quantitative estimate of drug-likeness (QED) is 0.478. The number of carbonyl (C=O) groups excluding carboxylic acids is 2. The van der Waals surface area contributed by atoms with Crippen molar-refractivity contribution >= 4 is 35.1 Å². The Morgan fingerprint density at radius 2 is 2.06 bits per heavy atom. The predicted octanol–water partition coefficient (Wildman–Crippen LogP) is 3.44. The Morgan fingerprint density at radius 1 is 1.41 bits per heavy atom. The average molecular weight is 273 g/mol. The Balaban J connectivity index is 3.38. The van der Waals surface area contributed by atoms with Crippen LogP contribution in [-0.2, 0) is 4.74 Å². The van der Waals surface area contributed by atoms with E-state index in [4.69, 9.17) is 16.3 Å². The molecule has 0 aliphatic carbocycles. The minimum Gasteiger partial charge on any atom is -0.462 e. The number of ether oxygens (including phenoxy) is 1. The van der Waals surface area contributed by atoms with Crippen LogP contribution in [-0.4, -0.2) is 24.6 Å². The predicted molar refractivity (Wildman–Crippen MR) is 69.2 cm³/mol. The van der Waals surface area contributed by atoms with Crippen molar-refractivity contribution < 1.29 is 14.3 Å². The van der Waals surface area contributed by atoms with Gasteiger partial charge in [-0.3, -0.25) is 4.79 Å². The minimum atomic E-state index is -0.434.